The monoisotopic (exact) mass is 90.0 g/mol. The first kappa shape index (κ1) is 5.02. The SMILES string of the molecule is CCC[S+]=N. The lowest BCUT2D eigenvalue weighted by Crippen LogP contribution is -1.69. The third-order valence-electron chi connectivity index (χ3n) is 0.306. The molecule has 0 aliphatic carbocycles. The highest BCUT2D eigenvalue weighted by atomic mass is 32.1. The second-order valence-electron chi connectivity index (χ2n) is 0.848. The fourth-order valence-corrected chi connectivity index (χ4v) is 0.306. The Kier molecular flexibility index (Phi) is 4.04. The average molecular weight is 90.2 g/mol. The molecule has 0 aliphatic heterocycles. The van der Waals surface area contributed by atoms with Gasteiger partial charge >= 0.3 is 11.6 Å². The number of nitrogens with one attached hydrogen (secondary N) is 1. The molecule has 1 N–H and O–H groups in total. The summed E-state index contributed by atoms with van der Waals surface area (Å²) in [7, 11) is 0. The Bertz CT molecular complexity index is 28.1. The van der Waals surface area contributed by atoms with Gasteiger partial charge in [-0.05, 0) is 4.78 Å². The average Bonchev–Trinajstić information content (AvgIpc) is 1.41. The van der Waals surface area contributed by atoms with E-state index in [0.29, 0.717) is 0 Å². The topological polar surface area (TPSA) is 23.9 Å². The quantitative estimate of drug-likeness (QED) is 0.493. The lowest BCUT2D eigenvalue weighted by Gasteiger charge is -1.56. The molecule has 0 aliphatic rings. The summed E-state index contributed by atoms with van der Waals surface area (Å²) in [5, 5.41) is 0. The molecule has 0 aromatic carbocycles. The molecule has 0 fully saturated rings. The fourth-order valence-electron chi connectivity index (χ4n) is 0.102. The fraction of sp³-hybridized carbons (Fsp3) is 1.00. The Morgan fingerprint density at radius 1 is 1.80 bits per heavy atom. The molecule has 0 saturated heterocycles. The molecule has 0 rings (SSSR count). The molecule has 0 unspecified atom stereocenters. The minimum atomic E-state index is 0.972. The van der Waals surface area contributed by atoms with Crippen molar-refractivity contribution < 1.29 is 0 Å². The third-order valence-corrected chi connectivity index (χ3v) is 0.919. The van der Waals surface area contributed by atoms with Crippen molar-refractivity contribution in [3.05, 3.63) is 0 Å². The van der Waals surface area contributed by atoms with E-state index < -0.39 is 0 Å². The lowest BCUT2D eigenvalue weighted by atomic mass is 10.6. The van der Waals surface area contributed by atoms with Gasteiger partial charge in [-0.25, -0.2) is 0 Å². The van der Waals surface area contributed by atoms with Gasteiger partial charge in [-0.15, -0.1) is 0 Å². The van der Waals surface area contributed by atoms with Crippen molar-refractivity contribution in [2.75, 3.05) is 5.75 Å². The van der Waals surface area contributed by atoms with Gasteiger partial charge in [-0.2, -0.15) is 0 Å². The van der Waals surface area contributed by atoms with Gasteiger partial charge in [0.15, 0.2) is 0 Å². The van der Waals surface area contributed by atoms with E-state index >= 15 is 0 Å². The number of hydrogen-bond donors (Lipinski definition) is 1. The van der Waals surface area contributed by atoms with Gasteiger partial charge in [0.25, 0.3) is 0 Å². The summed E-state index contributed by atoms with van der Waals surface area (Å²) in [4.78, 5) is 0. The van der Waals surface area contributed by atoms with Crippen LogP contribution in [0.4, 0.5) is 0 Å². The molecule has 0 aromatic rings. The first-order chi connectivity index (χ1) is 2.41. The first-order valence-electron chi connectivity index (χ1n) is 1.70. The smallest absolute Gasteiger partial charge is 0.0602 e. The maximum Gasteiger partial charge on any atom is 0.307 e. The maximum atomic E-state index is 6.52. The van der Waals surface area contributed by atoms with Gasteiger partial charge in [0.1, 0.15) is 0 Å². The molecule has 0 heterocycles. The lowest BCUT2D eigenvalue weighted by molar-refractivity contribution is 1.11. The molecule has 0 atom stereocenters. The largest absolute Gasteiger partial charge is 0.307 e. The zero-order valence-corrected chi connectivity index (χ0v) is 4.14. The van der Waals surface area contributed by atoms with Crippen LogP contribution in [0.1, 0.15) is 13.3 Å². The van der Waals surface area contributed by atoms with Crippen molar-refractivity contribution in [2.45, 2.75) is 13.3 Å². The van der Waals surface area contributed by atoms with Crippen molar-refractivity contribution in [1.29, 1.82) is 4.78 Å². The Morgan fingerprint density at radius 3 is 2.40 bits per heavy atom. The Balaban J connectivity index is 2.40. The summed E-state index contributed by atoms with van der Waals surface area (Å²) < 4.78 is 6.52. The Hall–Kier alpha value is 0.0200. The van der Waals surface area contributed by atoms with Crippen molar-refractivity contribution in [1.82, 2.24) is 0 Å². The first-order valence-corrected chi connectivity index (χ1v) is 2.69. The van der Waals surface area contributed by atoms with Gasteiger partial charge < -0.3 is 0 Å². The van der Waals surface area contributed by atoms with E-state index in [0.717, 1.165) is 23.7 Å². The van der Waals surface area contributed by atoms with E-state index in [2.05, 4.69) is 6.92 Å². The summed E-state index contributed by atoms with van der Waals surface area (Å²) in [5.41, 5.74) is 0. The standard InChI is InChI=1S/C3H8NS/c1-2-3-5-4/h4H,2-3H2,1H3/q+1. The minimum Gasteiger partial charge on any atom is -0.0602 e. The molecular formula is C3H8NS+. The van der Waals surface area contributed by atoms with Gasteiger partial charge in [0.2, 0.25) is 5.75 Å². The zero-order valence-electron chi connectivity index (χ0n) is 3.32. The molecular weight excluding hydrogens is 82.1 g/mol. The minimum absolute atomic E-state index is 0.972. The molecule has 0 spiro atoms. The van der Waals surface area contributed by atoms with Crippen molar-refractivity contribution in [3.63, 3.8) is 0 Å². The predicted octanol–water partition coefficient (Wildman–Crippen LogP) is 1.24. The van der Waals surface area contributed by atoms with Gasteiger partial charge in [0.05, 0.1) is 0 Å². The Labute approximate surface area is 36.3 Å². The molecule has 0 amide bonds. The van der Waals surface area contributed by atoms with E-state index in [9.17, 15) is 0 Å². The van der Waals surface area contributed by atoms with Crippen LogP contribution in [0.3, 0.4) is 0 Å². The van der Waals surface area contributed by atoms with Crippen LogP contribution in [0.2, 0.25) is 0 Å². The van der Waals surface area contributed by atoms with Crippen molar-refractivity contribution in [3.8, 4) is 0 Å². The van der Waals surface area contributed by atoms with E-state index in [1.807, 2.05) is 0 Å². The van der Waals surface area contributed by atoms with E-state index in [1.165, 1.54) is 0 Å². The molecule has 5 heavy (non-hydrogen) atoms. The summed E-state index contributed by atoms with van der Waals surface area (Å²) in [5.74, 6) is 0.972. The van der Waals surface area contributed by atoms with Crippen molar-refractivity contribution in [2.24, 2.45) is 0 Å². The van der Waals surface area contributed by atoms with Crippen LogP contribution >= 0.6 is 0 Å². The second kappa shape index (κ2) is 4.02. The van der Waals surface area contributed by atoms with Crippen molar-refractivity contribution >= 4 is 11.6 Å². The third kappa shape index (κ3) is 4.02. The van der Waals surface area contributed by atoms with Gasteiger partial charge in [-0.1, -0.05) is 6.92 Å². The molecule has 0 saturated carbocycles. The number of rotatable bonds is 2. The molecule has 2 heteroatoms. The predicted molar refractivity (Wildman–Crippen MR) is 25.2 cm³/mol. The highest BCUT2D eigenvalue weighted by molar-refractivity contribution is 7.66. The molecule has 0 bridgehead atoms. The van der Waals surface area contributed by atoms with Crippen LogP contribution in [0, 0.1) is 4.78 Å². The molecule has 0 aromatic heterocycles. The van der Waals surface area contributed by atoms with Crippen LogP contribution in [0.25, 0.3) is 0 Å². The molecule has 0 radical (unpaired) electrons. The Morgan fingerprint density at radius 2 is 2.40 bits per heavy atom. The number of hydrogen-bond acceptors (Lipinski definition) is 1. The highest BCUT2D eigenvalue weighted by Crippen LogP contribution is 1.68. The van der Waals surface area contributed by atoms with E-state index in [-0.39, 0.29) is 0 Å². The molecule has 30 valence electrons. The van der Waals surface area contributed by atoms with Crippen LogP contribution < -0.4 is 0 Å². The van der Waals surface area contributed by atoms with Gasteiger partial charge in [-0.3, -0.25) is 0 Å². The van der Waals surface area contributed by atoms with Crippen LogP contribution in [-0.2, 0) is 11.6 Å². The maximum absolute atomic E-state index is 6.52. The second-order valence-corrected chi connectivity index (χ2v) is 1.55. The summed E-state index contributed by atoms with van der Waals surface area (Å²) >= 11 is 1.15. The van der Waals surface area contributed by atoms with E-state index in [4.69, 9.17) is 4.78 Å². The van der Waals surface area contributed by atoms with Crippen LogP contribution in [0.15, 0.2) is 0 Å². The molecule has 1 nitrogen and oxygen atoms in total. The van der Waals surface area contributed by atoms with Gasteiger partial charge in [0, 0.05) is 6.42 Å². The zero-order chi connectivity index (χ0) is 4.12. The normalized spacial score (nSPS) is 7.40. The van der Waals surface area contributed by atoms with E-state index in [1.54, 1.807) is 0 Å². The highest BCUT2D eigenvalue weighted by Gasteiger charge is 1.81. The van der Waals surface area contributed by atoms with Crippen LogP contribution in [0.5, 0.6) is 0 Å². The summed E-state index contributed by atoms with van der Waals surface area (Å²) in [6, 6.07) is 0. The summed E-state index contributed by atoms with van der Waals surface area (Å²) in [6.45, 7) is 2.07. The van der Waals surface area contributed by atoms with Crippen LogP contribution in [-0.4, -0.2) is 5.75 Å². The summed E-state index contributed by atoms with van der Waals surface area (Å²) in [6.07, 6.45) is 1.12.